The molecule has 2 unspecified atom stereocenters. The van der Waals surface area contributed by atoms with E-state index in [1.54, 1.807) is 0 Å². The zero-order valence-electron chi connectivity index (χ0n) is 9.12. The molecule has 2 fully saturated rings. The van der Waals surface area contributed by atoms with Gasteiger partial charge in [0.25, 0.3) is 0 Å². The molecule has 0 N–H and O–H groups in total. The fraction of sp³-hybridized carbons (Fsp3) is 1.00. The summed E-state index contributed by atoms with van der Waals surface area (Å²) in [6, 6.07) is 0. The van der Waals surface area contributed by atoms with Gasteiger partial charge in [-0.25, -0.2) is 0 Å². The molecule has 2 atom stereocenters. The molecule has 14 heavy (non-hydrogen) atoms. The van der Waals surface area contributed by atoms with Crippen molar-refractivity contribution in [2.75, 3.05) is 11.5 Å². The molecular formula is C11H20OS2. The van der Waals surface area contributed by atoms with E-state index in [2.05, 4.69) is 37.4 Å². The monoisotopic (exact) mass is 232 g/mol. The summed E-state index contributed by atoms with van der Waals surface area (Å²) in [7, 11) is 0. The molecule has 2 rings (SSSR count). The quantitative estimate of drug-likeness (QED) is 0.721. The Morgan fingerprint density at radius 1 is 1.21 bits per heavy atom. The molecule has 2 aliphatic rings. The van der Waals surface area contributed by atoms with E-state index in [-0.39, 0.29) is 0 Å². The Hall–Kier alpha value is 0.660. The van der Waals surface area contributed by atoms with Crippen LogP contribution in [0.15, 0.2) is 0 Å². The lowest BCUT2D eigenvalue weighted by atomic mass is 10.1. The lowest BCUT2D eigenvalue weighted by Gasteiger charge is -2.35. The fourth-order valence-electron chi connectivity index (χ4n) is 2.37. The van der Waals surface area contributed by atoms with E-state index in [0.717, 1.165) is 0 Å². The van der Waals surface area contributed by atoms with Crippen LogP contribution in [0.4, 0.5) is 0 Å². The SMILES string of the molecule is CCC1CC2(SCCCS2)C(CC)O1. The van der Waals surface area contributed by atoms with Crippen LogP contribution in [-0.2, 0) is 4.74 Å². The minimum absolute atomic E-state index is 0.424. The maximum absolute atomic E-state index is 6.11. The first-order valence-corrected chi connectivity index (χ1v) is 7.71. The second-order valence-corrected chi connectivity index (χ2v) is 7.24. The molecule has 0 aromatic heterocycles. The molecular weight excluding hydrogens is 212 g/mol. The van der Waals surface area contributed by atoms with Gasteiger partial charge in [0, 0.05) is 0 Å². The van der Waals surface area contributed by atoms with E-state index < -0.39 is 0 Å². The van der Waals surface area contributed by atoms with Crippen LogP contribution in [0.5, 0.6) is 0 Å². The molecule has 82 valence electrons. The molecule has 2 aliphatic heterocycles. The number of ether oxygens (including phenoxy) is 1. The molecule has 0 saturated carbocycles. The molecule has 0 aromatic carbocycles. The third-order valence-corrected chi connectivity index (χ3v) is 6.70. The van der Waals surface area contributed by atoms with Crippen LogP contribution in [0, 0.1) is 0 Å². The van der Waals surface area contributed by atoms with Crippen LogP contribution in [0.1, 0.15) is 39.5 Å². The maximum atomic E-state index is 6.11. The highest BCUT2D eigenvalue weighted by atomic mass is 32.2. The van der Waals surface area contributed by atoms with Crippen molar-refractivity contribution in [1.29, 1.82) is 0 Å². The van der Waals surface area contributed by atoms with E-state index in [4.69, 9.17) is 4.74 Å². The van der Waals surface area contributed by atoms with E-state index in [1.807, 2.05) is 0 Å². The van der Waals surface area contributed by atoms with Gasteiger partial charge in [-0.2, -0.15) is 0 Å². The summed E-state index contributed by atoms with van der Waals surface area (Å²) >= 11 is 4.33. The number of hydrogen-bond acceptors (Lipinski definition) is 3. The third kappa shape index (κ3) is 1.96. The standard InChI is InChI=1S/C11H20OS2/c1-3-9-8-11(10(4-2)12-9)13-6-5-7-14-11/h9-10H,3-8H2,1-2H3. The molecule has 2 saturated heterocycles. The van der Waals surface area contributed by atoms with Gasteiger partial charge >= 0.3 is 0 Å². The second kappa shape index (κ2) is 4.67. The first-order valence-electron chi connectivity index (χ1n) is 5.74. The van der Waals surface area contributed by atoms with E-state index in [9.17, 15) is 0 Å². The van der Waals surface area contributed by atoms with Gasteiger partial charge in [-0.3, -0.25) is 0 Å². The maximum Gasteiger partial charge on any atom is 0.0895 e. The van der Waals surface area contributed by atoms with Crippen LogP contribution in [0.25, 0.3) is 0 Å². The van der Waals surface area contributed by atoms with Crippen molar-refractivity contribution in [3.05, 3.63) is 0 Å². The zero-order chi connectivity index (χ0) is 10.0. The van der Waals surface area contributed by atoms with Gasteiger partial charge in [-0.15, -0.1) is 23.5 Å². The summed E-state index contributed by atoms with van der Waals surface area (Å²) in [4.78, 5) is 0. The Morgan fingerprint density at radius 2 is 1.93 bits per heavy atom. The molecule has 0 aliphatic carbocycles. The van der Waals surface area contributed by atoms with Gasteiger partial charge in [-0.1, -0.05) is 13.8 Å². The Morgan fingerprint density at radius 3 is 2.50 bits per heavy atom. The molecule has 0 aromatic rings. The smallest absolute Gasteiger partial charge is 0.0895 e. The Bertz CT molecular complexity index is 190. The number of hydrogen-bond donors (Lipinski definition) is 0. The zero-order valence-corrected chi connectivity index (χ0v) is 10.8. The Labute approximate surface area is 95.7 Å². The molecule has 1 nitrogen and oxygen atoms in total. The predicted octanol–water partition coefficient (Wildman–Crippen LogP) is 3.53. The van der Waals surface area contributed by atoms with Crippen LogP contribution in [-0.4, -0.2) is 27.8 Å². The first-order chi connectivity index (χ1) is 6.80. The van der Waals surface area contributed by atoms with E-state index >= 15 is 0 Å². The third-order valence-electron chi connectivity index (χ3n) is 3.17. The van der Waals surface area contributed by atoms with Crippen molar-refractivity contribution < 1.29 is 4.74 Å². The van der Waals surface area contributed by atoms with Crippen molar-refractivity contribution >= 4 is 23.5 Å². The topological polar surface area (TPSA) is 9.23 Å². The van der Waals surface area contributed by atoms with Crippen molar-refractivity contribution in [1.82, 2.24) is 0 Å². The van der Waals surface area contributed by atoms with Gasteiger partial charge in [0.05, 0.1) is 16.3 Å². The Balaban J connectivity index is 2.07. The summed E-state index contributed by atoms with van der Waals surface area (Å²) in [5.41, 5.74) is 0. The molecule has 0 amide bonds. The second-order valence-electron chi connectivity index (χ2n) is 4.13. The summed E-state index contributed by atoms with van der Waals surface area (Å²) < 4.78 is 6.54. The van der Waals surface area contributed by atoms with Crippen LogP contribution in [0.3, 0.4) is 0 Å². The van der Waals surface area contributed by atoms with Crippen LogP contribution >= 0.6 is 23.5 Å². The summed E-state index contributed by atoms with van der Waals surface area (Å²) in [6.45, 7) is 4.51. The average Bonchev–Trinajstić information content (AvgIpc) is 2.57. The highest BCUT2D eigenvalue weighted by Gasteiger charge is 2.48. The lowest BCUT2D eigenvalue weighted by molar-refractivity contribution is 0.0408. The first kappa shape index (κ1) is 11.2. The summed E-state index contributed by atoms with van der Waals surface area (Å²) in [5.74, 6) is 2.67. The molecule has 0 radical (unpaired) electrons. The van der Waals surface area contributed by atoms with Gasteiger partial charge in [0.15, 0.2) is 0 Å². The minimum atomic E-state index is 0.424. The van der Waals surface area contributed by atoms with Gasteiger partial charge in [0.1, 0.15) is 0 Å². The van der Waals surface area contributed by atoms with Crippen molar-refractivity contribution in [3.63, 3.8) is 0 Å². The summed E-state index contributed by atoms with van der Waals surface area (Å²) in [6.07, 6.45) is 6.04. The van der Waals surface area contributed by atoms with Crippen molar-refractivity contribution in [2.45, 2.75) is 55.8 Å². The van der Waals surface area contributed by atoms with Gasteiger partial charge in [0.2, 0.25) is 0 Å². The van der Waals surface area contributed by atoms with Crippen LogP contribution < -0.4 is 0 Å². The fourth-order valence-corrected chi connectivity index (χ4v) is 6.08. The van der Waals surface area contributed by atoms with Gasteiger partial charge < -0.3 is 4.74 Å². The normalized spacial score (nSPS) is 36.4. The predicted molar refractivity (Wildman–Crippen MR) is 66.1 cm³/mol. The van der Waals surface area contributed by atoms with Gasteiger partial charge in [-0.05, 0) is 37.2 Å². The van der Waals surface area contributed by atoms with E-state index in [0.29, 0.717) is 16.3 Å². The minimum Gasteiger partial charge on any atom is -0.373 e. The van der Waals surface area contributed by atoms with Crippen LogP contribution in [0.2, 0.25) is 0 Å². The molecule has 3 heteroatoms. The van der Waals surface area contributed by atoms with E-state index in [1.165, 1.54) is 37.2 Å². The molecule has 0 bridgehead atoms. The molecule has 1 spiro atoms. The lowest BCUT2D eigenvalue weighted by Crippen LogP contribution is -2.33. The van der Waals surface area contributed by atoms with Crippen molar-refractivity contribution in [3.8, 4) is 0 Å². The Kier molecular flexibility index (Phi) is 3.72. The average molecular weight is 232 g/mol. The highest BCUT2D eigenvalue weighted by Crippen LogP contribution is 2.54. The largest absolute Gasteiger partial charge is 0.373 e. The number of thioether (sulfide) groups is 2. The highest BCUT2D eigenvalue weighted by molar-refractivity contribution is 8.18. The van der Waals surface area contributed by atoms with Crippen molar-refractivity contribution in [2.24, 2.45) is 0 Å². The molecule has 2 heterocycles. The summed E-state index contributed by atoms with van der Waals surface area (Å²) in [5, 5.41) is 0. The number of rotatable bonds is 2.